The zero-order valence-corrected chi connectivity index (χ0v) is 10.2. The molecule has 0 aliphatic heterocycles. The number of benzene rings is 2. The van der Waals surface area contributed by atoms with Crippen LogP contribution < -0.4 is 15.8 Å². The van der Waals surface area contributed by atoms with Gasteiger partial charge < -0.3 is 20.3 Å². The molecule has 0 bridgehead atoms. The molecule has 5 nitrogen and oxygen atoms in total. The maximum Gasteiger partial charge on any atom is 0.356 e. The molecule has 4 N–H and O–H groups in total. The third kappa shape index (κ3) is 2.90. The third-order valence-electron chi connectivity index (χ3n) is 2.32. The van der Waals surface area contributed by atoms with Gasteiger partial charge in [0.25, 0.3) is 0 Å². The van der Waals surface area contributed by atoms with Gasteiger partial charge in [-0.15, -0.1) is 0 Å². The molecular formula is C12H12NO4P. The van der Waals surface area contributed by atoms with Crippen molar-refractivity contribution >= 4 is 18.6 Å². The predicted octanol–water partition coefficient (Wildman–Crippen LogP) is 1.86. The minimum atomic E-state index is -4.21. The molecule has 0 amide bonds. The number of hydrogen-bond donors (Lipinski definition) is 3. The van der Waals surface area contributed by atoms with Crippen molar-refractivity contribution in [1.82, 2.24) is 0 Å². The lowest BCUT2D eigenvalue weighted by Gasteiger charge is -2.09. The molecule has 0 aromatic heterocycles. The Labute approximate surface area is 104 Å². The minimum absolute atomic E-state index is 0.0455. The first-order chi connectivity index (χ1) is 8.47. The van der Waals surface area contributed by atoms with Crippen molar-refractivity contribution in [2.75, 3.05) is 5.73 Å². The maximum atomic E-state index is 11.0. The van der Waals surface area contributed by atoms with Gasteiger partial charge in [0.05, 0.1) is 11.0 Å². The standard InChI is InChI=1S/C12H12NO4P/c13-11-3-1-2-4-12(11)17-9-5-7-10(8-6-9)18(14,15)16/h1-8H,13H2,(H2,14,15,16). The Morgan fingerprint density at radius 2 is 1.61 bits per heavy atom. The number of hydrogen-bond acceptors (Lipinski definition) is 3. The number of rotatable bonds is 3. The summed E-state index contributed by atoms with van der Waals surface area (Å²) in [6, 6.07) is 12.6. The summed E-state index contributed by atoms with van der Waals surface area (Å²) in [5.74, 6) is 0.964. The zero-order valence-electron chi connectivity index (χ0n) is 9.35. The number of para-hydroxylation sites is 2. The average Bonchev–Trinajstić information content (AvgIpc) is 2.32. The van der Waals surface area contributed by atoms with Crippen molar-refractivity contribution in [3.63, 3.8) is 0 Å². The molecule has 0 saturated heterocycles. The average molecular weight is 265 g/mol. The quantitative estimate of drug-likeness (QED) is 0.582. The number of nitrogens with two attached hydrogens (primary N) is 1. The first-order valence-corrected chi connectivity index (χ1v) is 6.76. The Morgan fingerprint density at radius 3 is 2.17 bits per heavy atom. The fourth-order valence-electron chi connectivity index (χ4n) is 1.41. The van der Waals surface area contributed by atoms with E-state index in [2.05, 4.69) is 0 Å². The predicted molar refractivity (Wildman–Crippen MR) is 69.0 cm³/mol. The molecule has 2 aromatic rings. The molecule has 0 saturated carbocycles. The highest BCUT2D eigenvalue weighted by Gasteiger charge is 2.16. The molecule has 2 aromatic carbocycles. The smallest absolute Gasteiger partial charge is 0.356 e. The van der Waals surface area contributed by atoms with Crippen LogP contribution in [-0.4, -0.2) is 9.79 Å². The molecule has 0 aliphatic carbocycles. The van der Waals surface area contributed by atoms with Gasteiger partial charge in [0.15, 0.2) is 0 Å². The third-order valence-corrected chi connectivity index (χ3v) is 3.29. The van der Waals surface area contributed by atoms with E-state index in [0.29, 0.717) is 17.2 Å². The molecule has 0 radical (unpaired) electrons. The van der Waals surface area contributed by atoms with E-state index in [1.54, 1.807) is 24.3 Å². The summed E-state index contributed by atoms with van der Waals surface area (Å²) in [4.78, 5) is 17.9. The normalized spacial score (nSPS) is 11.2. The summed E-state index contributed by atoms with van der Waals surface area (Å²) in [5, 5.41) is -0.0455. The Balaban J connectivity index is 2.22. The van der Waals surface area contributed by atoms with Crippen LogP contribution in [0.1, 0.15) is 0 Å². The topological polar surface area (TPSA) is 92.8 Å². The van der Waals surface area contributed by atoms with Crippen LogP contribution in [0.15, 0.2) is 48.5 Å². The van der Waals surface area contributed by atoms with Gasteiger partial charge in [0.1, 0.15) is 11.5 Å². The molecular weight excluding hydrogens is 253 g/mol. The molecule has 18 heavy (non-hydrogen) atoms. The van der Waals surface area contributed by atoms with Crippen molar-refractivity contribution < 1.29 is 19.1 Å². The lowest BCUT2D eigenvalue weighted by molar-refractivity contribution is 0.387. The second kappa shape index (κ2) is 4.82. The van der Waals surface area contributed by atoms with E-state index in [1.165, 1.54) is 24.3 Å². The van der Waals surface area contributed by atoms with E-state index >= 15 is 0 Å². The molecule has 0 unspecified atom stereocenters. The number of nitrogen functional groups attached to an aromatic ring is 1. The van der Waals surface area contributed by atoms with E-state index in [9.17, 15) is 4.57 Å². The summed E-state index contributed by atoms with van der Waals surface area (Å²) in [6.07, 6.45) is 0. The van der Waals surface area contributed by atoms with Crippen LogP contribution in [0.2, 0.25) is 0 Å². The van der Waals surface area contributed by atoms with Crippen LogP contribution in [0.25, 0.3) is 0 Å². The molecule has 0 fully saturated rings. The first-order valence-electron chi connectivity index (χ1n) is 5.15. The van der Waals surface area contributed by atoms with Crippen LogP contribution in [-0.2, 0) is 4.57 Å². The van der Waals surface area contributed by atoms with E-state index in [-0.39, 0.29) is 5.30 Å². The lowest BCUT2D eigenvalue weighted by atomic mass is 10.3. The van der Waals surface area contributed by atoms with Crippen LogP contribution in [0.5, 0.6) is 11.5 Å². The molecule has 6 heteroatoms. The fourth-order valence-corrected chi connectivity index (χ4v) is 1.95. The van der Waals surface area contributed by atoms with Gasteiger partial charge in [-0.05, 0) is 36.4 Å². The highest BCUT2D eigenvalue weighted by atomic mass is 31.2. The number of anilines is 1. The van der Waals surface area contributed by atoms with Crippen molar-refractivity contribution in [2.45, 2.75) is 0 Å². The maximum absolute atomic E-state index is 11.0. The Morgan fingerprint density at radius 1 is 1.00 bits per heavy atom. The SMILES string of the molecule is Nc1ccccc1Oc1ccc(P(=O)(O)O)cc1. The second-order valence-electron chi connectivity index (χ2n) is 3.68. The summed E-state index contributed by atoms with van der Waals surface area (Å²) in [6.45, 7) is 0. The van der Waals surface area contributed by atoms with Crippen LogP contribution in [0.3, 0.4) is 0 Å². The van der Waals surface area contributed by atoms with Crippen molar-refractivity contribution in [3.05, 3.63) is 48.5 Å². The van der Waals surface area contributed by atoms with Crippen LogP contribution >= 0.6 is 7.60 Å². The van der Waals surface area contributed by atoms with Crippen molar-refractivity contribution in [2.24, 2.45) is 0 Å². The van der Waals surface area contributed by atoms with E-state index in [1.807, 2.05) is 0 Å². The van der Waals surface area contributed by atoms with Gasteiger partial charge in [-0.2, -0.15) is 0 Å². The highest BCUT2D eigenvalue weighted by Crippen LogP contribution is 2.34. The van der Waals surface area contributed by atoms with Crippen molar-refractivity contribution in [1.29, 1.82) is 0 Å². The molecule has 2 rings (SSSR count). The molecule has 0 atom stereocenters. The van der Waals surface area contributed by atoms with Gasteiger partial charge in [-0.1, -0.05) is 12.1 Å². The molecule has 0 heterocycles. The summed E-state index contributed by atoms with van der Waals surface area (Å²) in [5.41, 5.74) is 6.21. The van der Waals surface area contributed by atoms with E-state index in [4.69, 9.17) is 20.3 Å². The summed E-state index contributed by atoms with van der Waals surface area (Å²) >= 11 is 0. The lowest BCUT2D eigenvalue weighted by Crippen LogP contribution is -2.02. The monoisotopic (exact) mass is 265 g/mol. The first kappa shape index (κ1) is 12.6. The molecule has 0 spiro atoms. The van der Waals surface area contributed by atoms with Gasteiger partial charge >= 0.3 is 7.60 Å². The van der Waals surface area contributed by atoms with Gasteiger partial charge in [0.2, 0.25) is 0 Å². The van der Waals surface area contributed by atoms with Gasteiger partial charge in [-0.3, -0.25) is 4.57 Å². The zero-order chi connectivity index (χ0) is 13.2. The van der Waals surface area contributed by atoms with Crippen LogP contribution in [0.4, 0.5) is 5.69 Å². The van der Waals surface area contributed by atoms with Crippen molar-refractivity contribution in [3.8, 4) is 11.5 Å². The summed E-state index contributed by atoms with van der Waals surface area (Å²) in [7, 11) is -4.21. The minimum Gasteiger partial charge on any atom is -0.455 e. The van der Waals surface area contributed by atoms with Crippen LogP contribution in [0, 0.1) is 0 Å². The largest absolute Gasteiger partial charge is 0.455 e. The van der Waals surface area contributed by atoms with E-state index < -0.39 is 7.60 Å². The molecule has 94 valence electrons. The van der Waals surface area contributed by atoms with E-state index in [0.717, 1.165) is 0 Å². The summed E-state index contributed by atoms with van der Waals surface area (Å²) < 4.78 is 16.5. The Kier molecular flexibility index (Phi) is 3.39. The highest BCUT2D eigenvalue weighted by molar-refractivity contribution is 7.60. The van der Waals surface area contributed by atoms with Gasteiger partial charge in [-0.25, -0.2) is 0 Å². The van der Waals surface area contributed by atoms with Gasteiger partial charge in [0, 0.05) is 0 Å². The fraction of sp³-hybridized carbons (Fsp3) is 0. The molecule has 0 aliphatic rings. The Bertz CT molecular complexity index is 591. The number of ether oxygens (including phenoxy) is 1. The second-order valence-corrected chi connectivity index (χ2v) is 5.28. The Hall–Kier alpha value is -1.81.